The number of rotatable bonds is 6. The minimum absolute atomic E-state index is 0.0191. The summed E-state index contributed by atoms with van der Waals surface area (Å²) in [6.07, 6.45) is 3.27. The van der Waals surface area contributed by atoms with Gasteiger partial charge in [-0.1, -0.05) is 41.9 Å². The molecule has 3 aromatic rings. The van der Waals surface area contributed by atoms with Crippen molar-refractivity contribution in [1.82, 2.24) is 4.90 Å². The molecular weight excluding hydrogens is 437 g/mol. The highest BCUT2D eigenvalue weighted by atomic mass is 35.5. The summed E-state index contributed by atoms with van der Waals surface area (Å²) in [5, 5.41) is 0.730. The lowest BCUT2D eigenvalue weighted by Gasteiger charge is -2.42. The second kappa shape index (κ2) is 9.28. The van der Waals surface area contributed by atoms with Crippen LogP contribution in [-0.2, 0) is 5.41 Å². The van der Waals surface area contributed by atoms with Crippen LogP contribution in [0, 0.1) is 5.82 Å². The summed E-state index contributed by atoms with van der Waals surface area (Å²) in [4.78, 5) is 14.8. The number of halogens is 2. The van der Waals surface area contributed by atoms with Gasteiger partial charge in [0.15, 0.2) is 5.78 Å². The molecule has 5 heteroatoms. The van der Waals surface area contributed by atoms with E-state index in [1.165, 1.54) is 17.7 Å². The molecule has 0 aromatic heterocycles. The molecule has 0 amide bonds. The third-order valence-corrected chi connectivity index (χ3v) is 7.39. The van der Waals surface area contributed by atoms with Crippen LogP contribution in [0.15, 0.2) is 72.8 Å². The van der Waals surface area contributed by atoms with Crippen LogP contribution in [0.5, 0.6) is 5.75 Å². The van der Waals surface area contributed by atoms with Crippen LogP contribution in [0.25, 0.3) is 0 Å². The second-order valence-electron chi connectivity index (χ2n) is 9.08. The Hall–Kier alpha value is -2.69. The molecule has 0 aliphatic carbocycles. The zero-order valence-electron chi connectivity index (χ0n) is 18.5. The molecule has 3 nitrogen and oxygen atoms in total. The van der Waals surface area contributed by atoms with Gasteiger partial charge in [0.05, 0.1) is 0 Å². The maximum atomic E-state index is 13.1. The van der Waals surface area contributed by atoms with E-state index in [0.29, 0.717) is 12.0 Å². The lowest BCUT2D eigenvalue weighted by atomic mass is 9.68. The molecule has 2 aliphatic rings. The number of hydrogen-bond donors (Lipinski definition) is 0. The van der Waals surface area contributed by atoms with Gasteiger partial charge in [-0.3, -0.25) is 4.79 Å². The molecular formula is C28H27ClFNO2. The van der Waals surface area contributed by atoms with E-state index in [4.69, 9.17) is 16.3 Å². The van der Waals surface area contributed by atoms with Gasteiger partial charge in [-0.15, -0.1) is 0 Å². The van der Waals surface area contributed by atoms with Crippen LogP contribution >= 0.6 is 11.6 Å². The van der Waals surface area contributed by atoms with Crippen LogP contribution in [0.1, 0.15) is 53.3 Å². The van der Waals surface area contributed by atoms with E-state index in [0.717, 1.165) is 55.2 Å². The summed E-state index contributed by atoms with van der Waals surface area (Å²) in [5.41, 5.74) is 3.00. The van der Waals surface area contributed by atoms with Gasteiger partial charge in [0.25, 0.3) is 0 Å². The number of benzene rings is 3. The van der Waals surface area contributed by atoms with Crippen molar-refractivity contribution < 1.29 is 13.9 Å². The quantitative estimate of drug-likeness (QED) is 0.385. The highest BCUT2D eigenvalue weighted by Crippen LogP contribution is 2.55. The number of carbonyl (C=O) groups is 1. The maximum absolute atomic E-state index is 13.1. The molecule has 1 fully saturated rings. The monoisotopic (exact) mass is 463 g/mol. The van der Waals surface area contributed by atoms with Crippen LogP contribution in [0.4, 0.5) is 4.39 Å². The Balaban J connectivity index is 1.24. The third-order valence-electron chi connectivity index (χ3n) is 7.14. The van der Waals surface area contributed by atoms with Gasteiger partial charge in [0.2, 0.25) is 0 Å². The van der Waals surface area contributed by atoms with E-state index in [-0.39, 0.29) is 23.1 Å². The number of piperidine rings is 1. The molecule has 1 unspecified atom stereocenters. The van der Waals surface area contributed by atoms with Crippen molar-refractivity contribution in [1.29, 1.82) is 0 Å². The predicted octanol–water partition coefficient (Wildman–Crippen LogP) is 6.61. The summed E-state index contributed by atoms with van der Waals surface area (Å²) < 4.78 is 19.6. The van der Waals surface area contributed by atoms with Crippen LogP contribution in [0.3, 0.4) is 0 Å². The van der Waals surface area contributed by atoms with Crippen molar-refractivity contribution >= 4 is 17.4 Å². The number of ether oxygens (including phenoxy) is 1. The normalized spacial score (nSPS) is 19.3. The lowest BCUT2D eigenvalue weighted by Crippen LogP contribution is -2.45. The zero-order chi connectivity index (χ0) is 22.8. The summed E-state index contributed by atoms with van der Waals surface area (Å²) >= 11 is 6.13. The molecule has 33 heavy (non-hydrogen) atoms. The first-order valence-electron chi connectivity index (χ1n) is 11.6. The molecule has 3 aromatic carbocycles. The fraction of sp³-hybridized carbons (Fsp3) is 0.321. The third kappa shape index (κ3) is 4.42. The fourth-order valence-corrected chi connectivity index (χ4v) is 5.46. The number of para-hydroxylation sites is 1. The van der Waals surface area contributed by atoms with E-state index in [2.05, 4.69) is 35.2 Å². The van der Waals surface area contributed by atoms with Crippen molar-refractivity contribution in [3.63, 3.8) is 0 Å². The van der Waals surface area contributed by atoms with Crippen LogP contribution < -0.4 is 4.74 Å². The van der Waals surface area contributed by atoms with E-state index < -0.39 is 0 Å². The van der Waals surface area contributed by atoms with E-state index in [1.54, 1.807) is 12.1 Å². The van der Waals surface area contributed by atoms with Gasteiger partial charge < -0.3 is 9.64 Å². The van der Waals surface area contributed by atoms with Crippen molar-refractivity contribution in [2.75, 3.05) is 19.6 Å². The molecule has 1 saturated heterocycles. The number of Topliss-reactive ketones (excluding diaryl/α,β-unsaturated/α-hetero) is 1. The highest BCUT2D eigenvalue weighted by molar-refractivity contribution is 6.30. The Morgan fingerprint density at radius 2 is 1.70 bits per heavy atom. The minimum Gasteiger partial charge on any atom is -0.484 e. The first kappa shape index (κ1) is 22.1. The Morgan fingerprint density at radius 3 is 2.42 bits per heavy atom. The smallest absolute Gasteiger partial charge is 0.162 e. The number of carbonyl (C=O) groups excluding carboxylic acids is 1. The molecule has 2 aliphatic heterocycles. The molecule has 1 atom stereocenters. The predicted molar refractivity (Wildman–Crippen MR) is 129 cm³/mol. The van der Waals surface area contributed by atoms with Crippen LogP contribution in [0.2, 0.25) is 5.02 Å². The van der Waals surface area contributed by atoms with Gasteiger partial charge in [0, 0.05) is 28.0 Å². The van der Waals surface area contributed by atoms with E-state index >= 15 is 0 Å². The SMILES string of the molecule is O=C(CCCN1CCC2(CC1)c1ccccc1OC2c1ccc(Cl)cc1)c1ccc(F)cc1. The standard InChI is InChI=1S/C28H27ClFNO2/c29-22-11-7-21(8-12-22)27-28(24-4-1-2-6-26(24)33-27)15-18-31(19-16-28)17-3-5-25(32)20-9-13-23(30)14-10-20/h1-2,4,6-14,27H,3,5,15-19H2. The fourth-order valence-electron chi connectivity index (χ4n) is 5.34. The lowest BCUT2D eigenvalue weighted by molar-refractivity contribution is 0.0748. The van der Waals surface area contributed by atoms with Crippen LogP contribution in [-0.4, -0.2) is 30.3 Å². The minimum atomic E-state index is -0.317. The molecule has 2 heterocycles. The number of ketones is 1. The van der Waals surface area contributed by atoms with Gasteiger partial charge in [0.1, 0.15) is 17.7 Å². The Morgan fingerprint density at radius 1 is 1.00 bits per heavy atom. The molecule has 0 N–H and O–H groups in total. The second-order valence-corrected chi connectivity index (χ2v) is 9.51. The summed E-state index contributed by atoms with van der Waals surface area (Å²) in [7, 11) is 0. The average molecular weight is 464 g/mol. The van der Waals surface area contributed by atoms with Crippen molar-refractivity contribution in [3.8, 4) is 5.75 Å². The molecule has 0 bridgehead atoms. The van der Waals surface area contributed by atoms with E-state index in [9.17, 15) is 9.18 Å². The van der Waals surface area contributed by atoms with Gasteiger partial charge in [-0.2, -0.15) is 0 Å². The molecule has 0 radical (unpaired) electrons. The Labute approximate surface area is 199 Å². The molecule has 1 spiro atoms. The number of fused-ring (bicyclic) bond motifs is 2. The van der Waals surface area contributed by atoms with E-state index in [1.807, 2.05) is 18.2 Å². The van der Waals surface area contributed by atoms with Gasteiger partial charge in [-0.05, 0) is 86.9 Å². The van der Waals surface area contributed by atoms with Gasteiger partial charge in [-0.25, -0.2) is 4.39 Å². The van der Waals surface area contributed by atoms with Gasteiger partial charge >= 0.3 is 0 Å². The Bertz CT molecular complexity index is 1120. The highest BCUT2D eigenvalue weighted by Gasteiger charge is 2.50. The zero-order valence-corrected chi connectivity index (χ0v) is 19.2. The average Bonchev–Trinajstić information content (AvgIpc) is 3.15. The largest absolute Gasteiger partial charge is 0.484 e. The molecule has 5 rings (SSSR count). The molecule has 170 valence electrons. The summed E-state index contributed by atoms with van der Waals surface area (Å²) in [6, 6.07) is 22.3. The first-order chi connectivity index (χ1) is 16.0. The molecule has 0 saturated carbocycles. The topological polar surface area (TPSA) is 29.5 Å². The summed E-state index contributed by atoms with van der Waals surface area (Å²) in [5.74, 6) is 0.739. The van der Waals surface area contributed by atoms with Crippen molar-refractivity contribution in [3.05, 3.63) is 100 Å². The number of likely N-dealkylation sites (tertiary alicyclic amines) is 1. The number of hydrogen-bond acceptors (Lipinski definition) is 3. The Kier molecular flexibility index (Phi) is 6.22. The first-order valence-corrected chi connectivity index (χ1v) is 12.0. The summed E-state index contributed by atoms with van der Waals surface area (Å²) in [6.45, 7) is 2.82. The van der Waals surface area contributed by atoms with Crippen molar-refractivity contribution in [2.45, 2.75) is 37.2 Å². The maximum Gasteiger partial charge on any atom is 0.162 e. The van der Waals surface area contributed by atoms with Crippen molar-refractivity contribution in [2.24, 2.45) is 0 Å². The number of nitrogens with zero attached hydrogens (tertiary/aromatic N) is 1.